The van der Waals surface area contributed by atoms with Crippen LogP contribution in [0.1, 0.15) is 24.8 Å². The molecule has 6 heteroatoms. The molecule has 118 valence electrons. The van der Waals surface area contributed by atoms with E-state index in [4.69, 9.17) is 28.3 Å². The maximum Gasteiger partial charge on any atom is 0.308 e. The van der Waals surface area contributed by atoms with Gasteiger partial charge in [0.15, 0.2) is 0 Å². The van der Waals surface area contributed by atoms with E-state index in [0.29, 0.717) is 23.1 Å². The van der Waals surface area contributed by atoms with E-state index in [1.807, 2.05) is 19.1 Å². The van der Waals surface area contributed by atoms with Gasteiger partial charge in [-0.1, -0.05) is 30.1 Å². The highest BCUT2D eigenvalue weighted by Gasteiger charge is 2.48. The lowest BCUT2D eigenvalue weighted by Crippen LogP contribution is -2.31. The number of amides is 1. The van der Waals surface area contributed by atoms with Crippen molar-refractivity contribution in [3.05, 3.63) is 33.8 Å². The summed E-state index contributed by atoms with van der Waals surface area (Å²) in [4.78, 5) is 25.4. The zero-order chi connectivity index (χ0) is 16.0. The van der Waals surface area contributed by atoms with E-state index in [-0.39, 0.29) is 23.7 Å². The third kappa shape index (κ3) is 2.95. The van der Waals surface area contributed by atoms with Crippen molar-refractivity contribution in [3.8, 4) is 0 Å². The van der Waals surface area contributed by atoms with Gasteiger partial charge in [0, 0.05) is 29.1 Å². The summed E-state index contributed by atoms with van der Waals surface area (Å²) in [5.41, 5.74) is 0.984. The average Bonchev–Trinajstić information content (AvgIpc) is 3.12. The first-order valence-corrected chi connectivity index (χ1v) is 8.10. The number of benzene rings is 1. The standard InChI is InChI=1S/C16H17Cl2NO3/c1-8-6-19(7-14(8)16(21)22)15(20)13-5-12(13)9-2-10(17)4-11(18)3-9/h2-4,8,12-14H,5-7H2,1H3,(H,21,22)/t8-,12?,13?,14-/m1/s1. The van der Waals surface area contributed by atoms with Crippen LogP contribution in [0.25, 0.3) is 0 Å². The third-order valence-corrected chi connectivity index (χ3v) is 5.10. The van der Waals surface area contributed by atoms with Crippen molar-refractivity contribution in [1.82, 2.24) is 4.90 Å². The number of aliphatic carboxylic acids is 1. The lowest BCUT2D eigenvalue weighted by molar-refractivity contribution is -0.142. The molecule has 4 atom stereocenters. The molecule has 1 heterocycles. The number of halogens is 2. The summed E-state index contributed by atoms with van der Waals surface area (Å²) < 4.78 is 0. The Hall–Kier alpha value is -1.26. The second-order valence-electron chi connectivity index (χ2n) is 6.32. The minimum absolute atomic E-state index is 0.000681. The molecular weight excluding hydrogens is 325 g/mol. The number of carbonyl (C=O) groups excluding carboxylic acids is 1. The van der Waals surface area contributed by atoms with E-state index in [9.17, 15) is 9.59 Å². The van der Waals surface area contributed by atoms with Gasteiger partial charge < -0.3 is 10.0 Å². The maximum atomic E-state index is 12.5. The molecule has 4 nitrogen and oxygen atoms in total. The minimum atomic E-state index is -0.822. The highest BCUT2D eigenvalue weighted by molar-refractivity contribution is 6.34. The summed E-state index contributed by atoms with van der Waals surface area (Å²) >= 11 is 12.0. The number of carboxylic acid groups (broad SMARTS) is 1. The molecule has 1 aliphatic carbocycles. The summed E-state index contributed by atoms with van der Waals surface area (Å²) in [6, 6.07) is 5.36. The fourth-order valence-electron chi connectivity index (χ4n) is 3.33. The molecule has 1 saturated heterocycles. The quantitative estimate of drug-likeness (QED) is 0.917. The van der Waals surface area contributed by atoms with E-state index >= 15 is 0 Å². The predicted octanol–water partition coefficient (Wildman–Crippen LogP) is 3.28. The molecule has 1 aliphatic heterocycles. The van der Waals surface area contributed by atoms with Gasteiger partial charge in [-0.3, -0.25) is 9.59 Å². The monoisotopic (exact) mass is 341 g/mol. The van der Waals surface area contributed by atoms with E-state index in [1.165, 1.54) is 0 Å². The molecule has 1 aromatic carbocycles. The van der Waals surface area contributed by atoms with Crippen LogP contribution in [0.2, 0.25) is 10.0 Å². The number of carbonyl (C=O) groups is 2. The Morgan fingerprint density at radius 2 is 1.77 bits per heavy atom. The predicted molar refractivity (Wildman–Crippen MR) is 84.2 cm³/mol. The van der Waals surface area contributed by atoms with Crippen molar-refractivity contribution in [3.63, 3.8) is 0 Å². The Balaban J connectivity index is 1.67. The second kappa shape index (κ2) is 5.74. The molecule has 2 aliphatic rings. The highest BCUT2D eigenvalue weighted by atomic mass is 35.5. The number of hydrogen-bond donors (Lipinski definition) is 1. The van der Waals surface area contributed by atoms with Gasteiger partial charge in [-0.15, -0.1) is 0 Å². The van der Waals surface area contributed by atoms with Gasteiger partial charge in [0.1, 0.15) is 0 Å². The Labute approximate surface area is 139 Å². The Morgan fingerprint density at radius 3 is 2.32 bits per heavy atom. The van der Waals surface area contributed by atoms with Crippen molar-refractivity contribution >= 4 is 35.1 Å². The highest BCUT2D eigenvalue weighted by Crippen LogP contribution is 2.50. The summed E-state index contributed by atoms with van der Waals surface area (Å²) in [5.74, 6) is -1.16. The van der Waals surface area contributed by atoms with Crippen molar-refractivity contribution in [2.75, 3.05) is 13.1 Å². The summed E-state index contributed by atoms with van der Waals surface area (Å²) in [6.45, 7) is 2.72. The summed E-state index contributed by atoms with van der Waals surface area (Å²) in [5, 5.41) is 10.3. The molecule has 2 fully saturated rings. The van der Waals surface area contributed by atoms with E-state index < -0.39 is 11.9 Å². The van der Waals surface area contributed by atoms with Crippen molar-refractivity contribution in [2.24, 2.45) is 17.8 Å². The molecule has 3 rings (SSSR count). The number of nitrogens with zero attached hydrogens (tertiary/aromatic N) is 1. The van der Waals surface area contributed by atoms with Crippen molar-refractivity contribution in [1.29, 1.82) is 0 Å². The third-order valence-electron chi connectivity index (χ3n) is 4.66. The van der Waals surface area contributed by atoms with E-state index in [0.717, 1.165) is 12.0 Å². The average molecular weight is 342 g/mol. The molecule has 0 spiro atoms. The number of rotatable bonds is 3. The molecule has 1 saturated carbocycles. The SMILES string of the molecule is C[C@@H]1CN(C(=O)C2CC2c2cc(Cl)cc(Cl)c2)C[C@H]1C(=O)O. The van der Waals surface area contributed by atoms with Gasteiger partial charge in [-0.2, -0.15) is 0 Å². The van der Waals surface area contributed by atoms with Gasteiger partial charge in [-0.05, 0) is 42.0 Å². The number of likely N-dealkylation sites (tertiary alicyclic amines) is 1. The molecule has 1 amide bonds. The Kier molecular flexibility index (Phi) is 4.08. The molecule has 0 aromatic heterocycles. The molecule has 0 bridgehead atoms. The lowest BCUT2D eigenvalue weighted by atomic mass is 9.99. The van der Waals surface area contributed by atoms with E-state index in [1.54, 1.807) is 11.0 Å². The molecule has 2 unspecified atom stereocenters. The molecule has 22 heavy (non-hydrogen) atoms. The van der Waals surface area contributed by atoms with Crippen LogP contribution in [0.5, 0.6) is 0 Å². The van der Waals surface area contributed by atoms with Gasteiger partial charge >= 0.3 is 5.97 Å². The van der Waals surface area contributed by atoms with Gasteiger partial charge in [0.25, 0.3) is 0 Å². The van der Waals surface area contributed by atoms with Gasteiger partial charge in [-0.25, -0.2) is 0 Å². The van der Waals surface area contributed by atoms with Crippen LogP contribution in [0, 0.1) is 17.8 Å². The van der Waals surface area contributed by atoms with Crippen molar-refractivity contribution < 1.29 is 14.7 Å². The first-order chi connectivity index (χ1) is 10.4. The number of carboxylic acids is 1. The first-order valence-electron chi connectivity index (χ1n) is 7.34. The van der Waals surface area contributed by atoms with Crippen LogP contribution < -0.4 is 0 Å². The number of hydrogen-bond acceptors (Lipinski definition) is 2. The van der Waals surface area contributed by atoms with Gasteiger partial charge in [0.2, 0.25) is 5.91 Å². The van der Waals surface area contributed by atoms with Crippen LogP contribution in [-0.4, -0.2) is 35.0 Å². The minimum Gasteiger partial charge on any atom is -0.481 e. The van der Waals surface area contributed by atoms with E-state index in [2.05, 4.69) is 0 Å². The molecule has 0 radical (unpaired) electrons. The fraction of sp³-hybridized carbons (Fsp3) is 0.500. The lowest BCUT2D eigenvalue weighted by Gasteiger charge is -2.16. The van der Waals surface area contributed by atoms with Crippen molar-refractivity contribution in [2.45, 2.75) is 19.3 Å². The normalized spacial score (nSPS) is 30.4. The topological polar surface area (TPSA) is 57.6 Å². The summed E-state index contributed by atoms with van der Waals surface area (Å²) in [7, 11) is 0. The first kappa shape index (κ1) is 15.6. The molecule has 1 aromatic rings. The largest absolute Gasteiger partial charge is 0.481 e. The van der Waals surface area contributed by atoms with Crippen LogP contribution in [0.4, 0.5) is 0 Å². The molecular formula is C16H17Cl2NO3. The second-order valence-corrected chi connectivity index (χ2v) is 7.19. The Bertz CT molecular complexity index is 614. The van der Waals surface area contributed by atoms with Crippen LogP contribution in [0.3, 0.4) is 0 Å². The Morgan fingerprint density at radius 1 is 1.14 bits per heavy atom. The summed E-state index contributed by atoms with van der Waals surface area (Å²) in [6.07, 6.45) is 0.776. The van der Waals surface area contributed by atoms with Crippen LogP contribution in [0.15, 0.2) is 18.2 Å². The fourth-order valence-corrected chi connectivity index (χ4v) is 3.87. The van der Waals surface area contributed by atoms with Crippen LogP contribution in [-0.2, 0) is 9.59 Å². The van der Waals surface area contributed by atoms with Crippen LogP contribution >= 0.6 is 23.2 Å². The maximum absolute atomic E-state index is 12.5. The zero-order valence-corrected chi connectivity index (χ0v) is 13.6. The van der Waals surface area contributed by atoms with Gasteiger partial charge in [0.05, 0.1) is 5.92 Å². The smallest absolute Gasteiger partial charge is 0.308 e. The molecule has 1 N–H and O–H groups in total. The zero-order valence-electron chi connectivity index (χ0n) is 12.1.